The van der Waals surface area contributed by atoms with Crippen LogP contribution in [-0.4, -0.2) is 58.6 Å². The van der Waals surface area contributed by atoms with Gasteiger partial charge in [0.2, 0.25) is 0 Å². The van der Waals surface area contributed by atoms with Gasteiger partial charge in [0, 0.05) is 31.6 Å². The summed E-state index contributed by atoms with van der Waals surface area (Å²) in [4.78, 5) is 27.8. The first-order valence-electron chi connectivity index (χ1n) is 13.3. The molecule has 0 spiro atoms. The van der Waals surface area contributed by atoms with Gasteiger partial charge in [-0.2, -0.15) is 8.78 Å². The molecule has 5 rings (SSSR count). The normalized spacial score (nSPS) is 13.7. The SMILES string of the molecule is CCOC(=O)CC(c1cc(OC)c2c(c1)nnn2C)c1cccc2c1CCN(C(=O)c1ccc(OC(F)F)cc1)C2. The summed E-state index contributed by atoms with van der Waals surface area (Å²) in [7, 11) is 3.38. The minimum atomic E-state index is -2.93. The molecule has 3 aromatic carbocycles. The van der Waals surface area contributed by atoms with Gasteiger partial charge in [-0.15, -0.1) is 5.10 Å². The molecule has 4 aromatic rings. The largest absolute Gasteiger partial charge is 0.494 e. The van der Waals surface area contributed by atoms with E-state index in [1.807, 2.05) is 30.3 Å². The van der Waals surface area contributed by atoms with Crippen molar-refractivity contribution >= 4 is 22.9 Å². The van der Waals surface area contributed by atoms with Gasteiger partial charge in [-0.1, -0.05) is 23.4 Å². The van der Waals surface area contributed by atoms with E-state index in [1.54, 1.807) is 30.7 Å². The van der Waals surface area contributed by atoms with Crippen LogP contribution < -0.4 is 9.47 Å². The molecule has 2 heterocycles. The number of ether oxygens (including phenoxy) is 3. The lowest BCUT2D eigenvalue weighted by Crippen LogP contribution is -2.36. The van der Waals surface area contributed by atoms with E-state index in [2.05, 4.69) is 15.0 Å². The molecule has 0 aliphatic carbocycles. The maximum absolute atomic E-state index is 13.2. The maximum atomic E-state index is 13.2. The Morgan fingerprint density at radius 2 is 1.88 bits per heavy atom. The van der Waals surface area contributed by atoms with Crippen molar-refractivity contribution in [2.75, 3.05) is 20.3 Å². The van der Waals surface area contributed by atoms with E-state index < -0.39 is 6.61 Å². The van der Waals surface area contributed by atoms with E-state index in [1.165, 1.54) is 24.3 Å². The van der Waals surface area contributed by atoms with Crippen LogP contribution in [-0.2, 0) is 29.5 Å². The zero-order valence-electron chi connectivity index (χ0n) is 23.0. The summed E-state index contributed by atoms with van der Waals surface area (Å²) in [6.07, 6.45) is 0.697. The molecule has 1 aromatic heterocycles. The zero-order valence-corrected chi connectivity index (χ0v) is 23.0. The van der Waals surface area contributed by atoms with Crippen molar-refractivity contribution in [2.24, 2.45) is 7.05 Å². The van der Waals surface area contributed by atoms with Crippen molar-refractivity contribution in [1.29, 1.82) is 0 Å². The fraction of sp³-hybridized carbons (Fsp3) is 0.333. The van der Waals surface area contributed by atoms with Gasteiger partial charge in [0.15, 0.2) is 0 Å². The fourth-order valence-electron chi connectivity index (χ4n) is 5.43. The number of halogens is 2. The number of alkyl halides is 2. The van der Waals surface area contributed by atoms with Gasteiger partial charge < -0.3 is 19.1 Å². The molecule has 1 amide bonds. The highest BCUT2D eigenvalue weighted by molar-refractivity contribution is 5.94. The fourth-order valence-corrected chi connectivity index (χ4v) is 5.43. The van der Waals surface area contributed by atoms with Gasteiger partial charge in [-0.25, -0.2) is 4.68 Å². The van der Waals surface area contributed by atoms with Crippen LogP contribution in [0.4, 0.5) is 8.78 Å². The van der Waals surface area contributed by atoms with Crippen LogP contribution in [0.1, 0.15) is 51.9 Å². The molecule has 41 heavy (non-hydrogen) atoms. The van der Waals surface area contributed by atoms with Crippen molar-refractivity contribution in [2.45, 2.75) is 38.8 Å². The smallest absolute Gasteiger partial charge is 0.387 e. The molecule has 1 aliphatic heterocycles. The van der Waals surface area contributed by atoms with Crippen LogP contribution in [0, 0.1) is 0 Å². The van der Waals surface area contributed by atoms with Crippen LogP contribution in [0.5, 0.6) is 11.5 Å². The second-order valence-corrected chi connectivity index (χ2v) is 9.73. The third-order valence-electron chi connectivity index (χ3n) is 7.28. The Morgan fingerprint density at radius 1 is 1.10 bits per heavy atom. The van der Waals surface area contributed by atoms with Gasteiger partial charge >= 0.3 is 12.6 Å². The number of esters is 1. The standard InChI is InChI=1S/C30H30F2N4O5/c1-4-40-27(37)16-24(20-14-25-28(26(15-20)39-3)35(2)34-33-25)23-7-5-6-19-17-36(13-12-22(19)23)29(38)18-8-10-21(11-9-18)41-30(31)32/h5-11,14-15,24,30H,4,12-13,16-17H2,1-3H3. The Bertz CT molecular complexity index is 1570. The highest BCUT2D eigenvalue weighted by Crippen LogP contribution is 2.38. The lowest BCUT2D eigenvalue weighted by molar-refractivity contribution is -0.143. The molecule has 0 fully saturated rings. The lowest BCUT2D eigenvalue weighted by atomic mass is 9.82. The molecule has 0 saturated carbocycles. The van der Waals surface area contributed by atoms with Gasteiger partial charge in [-0.3, -0.25) is 9.59 Å². The molecule has 9 nitrogen and oxygen atoms in total. The van der Waals surface area contributed by atoms with Crippen molar-refractivity contribution < 1.29 is 32.6 Å². The van der Waals surface area contributed by atoms with Gasteiger partial charge in [0.1, 0.15) is 22.5 Å². The number of aromatic nitrogens is 3. The molecule has 1 atom stereocenters. The van der Waals surface area contributed by atoms with Crippen LogP contribution in [0.15, 0.2) is 54.6 Å². The molecular weight excluding hydrogens is 534 g/mol. The first-order valence-corrected chi connectivity index (χ1v) is 13.3. The number of nitrogens with zero attached hydrogens (tertiary/aromatic N) is 4. The molecule has 11 heteroatoms. The molecular formula is C30H30F2N4O5. The van der Waals surface area contributed by atoms with Crippen molar-refractivity contribution in [3.8, 4) is 11.5 Å². The van der Waals surface area contributed by atoms with Crippen LogP contribution in [0.2, 0.25) is 0 Å². The Labute approximate surface area is 235 Å². The van der Waals surface area contributed by atoms with E-state index >= 15 is 0 Å². The van der Waals surface area contributed by atoms with Crippen LogP contribution in [0.25, 0.3) is 11.0 Å². The summed E-state index contributed by atoms with van der Waals surface area (Å²) in [6, 6.07) is 15.4. The maximum Gasteiger partial charge on any atom is 0.387 e. The summed E-state index contributed by atoms with van der Waals surface area (Å²) in [6.45, 7) is -0.0541. The number of amides is 1. The number of hydrogen-bond acceptors (Lipinski definition) is 7. The van der Waals surface area contributed by atoms with Crippen molar-refractivity contribution in [3.05, 3.63) is 82.4 Å². The minimum Gasteiger partial charge on any atom is -0.494 e. The van der Waals surface area contributed by atoms with E-state index in [-0.39, 0.29) is 36.6 Å². The summed E-state index contributed by atoms with van der Waals surface area (Å²) in [5, 5.41) is 8.39. The highest BCUT2D eigenvalue weighted by atomic mass is 19.3. The third-order valence-corrected chi connectivity index (χ3v) is 7.28. The van der Waals surface area contributed by atoms with E-state index in [0.717, 1.165) is 27.8 Å². The third kappa shape index (κ3) is 5.84. The molecule has 1 aliphatic rings. The summed E-state index contributed by atoms with van der Waals surface area (Å²) in [5.41, 5.74) is 5.66. The second kappa shape index (κ2) is 11.9. The minimum absolute atomic E-state index is 0.00544. The number of carbonyl (C=O) groups is 2. The predicted molar refractivity (Wildman–Crippen MR) is 146 cm³/mol. The van der Waals surface area contributed by atoms with Gasteiger partial charge in [0.05, 0.1) is 20.1 Å². The van der Waals surface area contributed by atoms with E-state index in [4.69, 9.17) is 9.47 Å². The number of methoxy groups -OCH3 is 1. The number of hydrogen-bond donors (Lipinski definition) is 0. The molecule has 0 radical (unpaired) electrons. The average Bonchev–Trinajstić information content (AvgIpc) is 3.35. The summed E-state index contributed by atoms with van der Waals surface area (Å²) < 4.78 is 42.0. The zero-order chi connectivity index (χ0) is 29.1. The van der Waals surface area contributed by atoms with E-state index in [0.29, 0.717) is 36.3 Å². The topological polar surface area (TPSA) is 95.8 Å². The Hall–Kier alpha value is -4.54. The first-order chi connectivity index (χ1) is 19.8. The molecule has 0 bridgehead atoms. The molecule has 214 valence electrons. The number of fused-ring (bicyclic) bond motifs is 2. The predicted octanol–water partition coefficient (Wildman–Crippen LogP) is 4.86. The van der Waals surface area contributed by atoms with Gasteiger partial charge in [0.25, 0.3) is 5.91 Å². The average molecular weight is 565 g/mol. The molecule has 0 N–H and O–H groups in total. The Morgan fingerprint density at radius 3 is 2.59 bits per heavy atom. The van der Waals surface area contributed by atoms with E-state index in [9.17, 15) is 18.4 Å². The quantitative estimate of drug-likeness (QED) is 0.268. The number of aryl methyl sites for hydroxylation is 1. The van der Waals surface area contributed by atoms with Crippen LogP contribution in [0.3, 0.4) is 0 Å². The number of rotatable bonds is 9. The van der Waals surface area contributed by atoms with Crippen molar-refractivity contribution in [1.82, 2.24) is 19.9 Å². The molecule has 1 unspecified atom stereocenters. The van der Waals surface area contributed by atoms with Gasteiger partial charge in [-0.05, 0) is 72.0 Å². The Kier molecular flexibility index (Phi) is 8.14. The lowest BCUT2D eigenvalue weighted by Gasteiger charge is -2.32. The summed E-state index contributed by atoms with van der Waals surface area (Å²) >= 11 is 0. The molecule has 0 saturated heterocycles. The highest BCUT2D eigenvalue weighted by Gasteiger charge is 2.29. The number of carbonyl (C=O) groups excluding carboxylic acids is 2. The monoisotopic (exact) mass is 564 g/mol. The van der Waals surface area contributed by atoms with Crippen LogP contribution >= 0.6 is 0 Å². The second-order valence-electron chi connectivity index (χ2n) is 9.73. The Balaban J connectivity index is 1.47. The number of benzene rings is 3. The summed E-state index contributed by atoms with van der Waals surface area (Å²) in [5.74, 6) is -0.265. The van der Waals surface area contributed by atoms with Crippen molar-refractivity contribution in [3.63, 3.8) is 0 Å². The first kappa shape index (κ1) is 28.0.